The number of halogens is 1. The molecule has 4 rings (SSSR count). The van der Waals surface area contributed by atoms with Gasteiger partial charge in [0.05, 0.1) is 24.0 Å². The number of hydrogen-bond acceptors (Lipinski definition) is 7. The molecule has 1 unspecified atom stereocenters. The quantitative estimate of drug-likeness (QED) is 0.114. The van der Waals surface area contributed by atoms with Crippen LogP contribution in [0.25, 0.3) is 11.1 Å². The largest absolute Gasteiger partial charge is 0.432 e. The van der Waals surface area contributed by atoms with Gasteiger partial charge < -0.3 is 14.2 Å². The third-order valence-corrected chi connectivity index (χ3v) is 6.82. The zero-order valence-corrected chi connectivity index (χ0v) is 21.0. The summed E-state index contributed by atoms with van der Waals surface area (Å²) in [4.78, 5) is 37.4. The Morgan fingerprint density at radius 2 is 1.65 bits per heavy atom. The van der Waals surface area contributed by atoms with Crippen molar-refractivity contribution in [2.45, 2.75) is 17.7 Å². The van der Waals surface area contributed by atoms with Crippen LogP contribution in [0.3, 0.4) is 0 Å². The second kappa shape index (κ2) is 10.9. The minimum absolute atomic E-state index is 0.0314. The Bertz CT molecular complexity index is 1440. The van der Waals surface area contributed by atoms with Gasteiger partial charge in [0.2, 0.25) is 5.12 Å². The van der Waals surface area contributed by atoms with Crippen LogP contribution in [0.4, 0.5) is 4.39 Å². The molecule has 37 heavy (non-hydrogen) atoms. The van der Waals surface area contributed by atoms with Gasteiger partial charge in [-0.3, -0.25) is 4.79 Å². The van der Waals surface area contributed by atoms with Gasteiger partial charge in [0.1, 0.15) is 0 Å². The number of hydrogen-bond donors (Lipinski definition) is 0. The van der Waals surface area contributed by atoms with E-state index in [1.807, 2.05) is 25.1 Å². The minimum Gasteiger partial charge on any atom is -0.432 e. The molecule has 1 aliphatic rings. The molecular formula is C29H23FO6S. The van der Waals surface area contributed by atoms with E-state index < -0.39 is 17.8 Å². The number of methoxy groups -OCH3 is 1. The Balaban J connectivity index is 1.50. The highest BCUT2D eigenvalue weighted by atomic mass is 32.2. The summed E-state index contributed by atoms with van der Waals surface area (Å²) in [5.41, 5.74) is 4.83. The van der Waals surface area contributed by atoms with E-state index in [4.69, 9.17) is 14.2 Å². The first kappa shape index (κ1) is 26.1. The van der Waals surface area contributed by atoms with E-state index >= 15 is 0 Å². The lowest BCUT2D eigenvalue weighted by Gasteiger charge is -2.10. The van der Waals surface area contributed by atoms with Crippen LogP contribution >= 0.6 is 11.8 Å². The standard InChI is InChI=1S/C29H23FO6S/c1-5-35-28(32)18-6-9-21-22-10-7-19(13-24(22)17(3)23(21)12-18)29(33)37-20-8-11-26(25(30)14-20)36-27(31)16(2)15-34-4/h5-14,17H,1-2,15H2,3-4H3. The van der Waals surface area contributed by atoms with E-state index in [-0.39, 0.29) is 29.0 Å². The molecule has 0 heterocycles. The van der Waals surface area contributed by atoms with Gasteiger partial charge in [0, 0.05) is 23.5 Å². The van der Waals surface area contributed by atoms with Crippen LogP contribution in [0.15, 0.2) is 84.5 Å². The molecule has 0 aliphatic heterocycles. The molecule has 1 atom stereocenters. The van der Waals surface area contributed by atoms with E-state index in [1.165, 1.54) is 19.2 Å². The van der Waals surface area contributed by atoms with Crippen molar-refractivity contribution in [3.05, 3.63) is 108 Å². The normalized spacial score (nSPS) is 13.3. The van der Waals surface area contributed by atoms with Gasteiger partial charge in [0.15, 0.2) is 11.6 Å². The van der Waals surface area contributed by atoms with Gasteiger partial charge in [0.25, 0.3) is 0 Å². The molecule has 0 bridgehead atoms. The Hall–Kier alpha value is -4.01. The SMILES string of the molecule is C=COC(=O)c1ccc2c(c1)C(C)c1cc(C(=O)Sc3ccc(OC(=O)C(=C)COC)c(F)c3)ccc1-2. The highest BCUT2D eigenvalue weighted by Gasteiger charge is 2.28. The summed E-state index contributed by atoms with van der Waals surface area (Å²) in [6, 6.07) is 14.7. The van der Waals surface area contributed by atoms with Crippen LogP contribution in [0.1, 0.15) is 44.7 Å². The monoisotopic (exact) mass is 518 g/mol. The second-order valence-electron chi connectivity index (χ2n) is 8.31. The summed E-state index contributed by atoms with van der Waals surface area (Å²) >= 11 is 0.868. The Morgan fingerprint density at radius 3 is 2.27 bits per heavy atom. The summed E-state index contributed by atoms with van der Waals surface area (Å²) in [6.07, 6.45) is 1.09. The first-order chi connectivity index (χ1) is 17.7. The Labute approximate surface area is 217 Å². The number of fused-ring (bicyclic) bond motifs is 3. The van der Waals surface area contributed by atoms with Crippen LogP contribution in [0.2, 0.25) is 0 Å². The van der Waals surface area contributed by atoms with E-state index in [9.17, 15) is 18.8 Å². The van der Waals surface area contributed by atoms with Crippen molar-refractivity contribution in [3.8, 4) is 16.9 Å². The van der Waals surface area contributed by atoms with Crippen molar-refractivity contribution in [3.63, 3.8) is 0 Å². The predicted molar refractivity (Wildman–Crippen MR) is 138 cm³/mol. The van der Waals surface area contributed by atoms with Gasteiger partial charge in [-0.05, 0) is 76.5 Å². The smallest absolute Gasteiger partial charge is 0.342 e. The molecule has 1 aliphatic carbocycles. The number of carbonyl (C=O) groups is 3. The average molecular weight is 519 g/mol. The van der Waals surface area contributed by atoms with Crippen molar-refractivity contribution in [2.24, 2.45) is 0 Å². The fraction of sp³-hybridized carbons (Fsp3) is 0.138. The molecule has 0 radical (unpaired) electrons. The van der Waals surface area contributed by atoms with Gasteiger partial charge in [-0.25, -0.2) is 14.0 Å². The fourth-order valence-corrected chi connectivity index (χ4v) is 4.85. The summed E-state index contributed by atoms with van der Waals surface area (Å²) in [7, 11) is 1.40. The molecule has 0 spiro atoms. The molecule has 0 aromatic heterocycles. The molecule has 6 nitrogen and oxygen atoms in total. The summed E-state index contributed by atoms with van der Waals surface area (Å²) in [6.45, 7) is 8.91. The number of rotatable bonds is 8. The molecule has 0 saturated heterocycles. The molecule has 8 heteroatoms. The molecule has 0 saturated carbocycles. The second-order valence-corrected chi connectivity index (χ2v) is 9.35. The molecule has 0 amide bonds. The number of esters is 2. The fourth-order valence-electron chi connectivity index (χ4n) is 4.10. The van der Waals surface area contributed by atoms with Crippen LogP contribution in [0, 0.1) is 5.82 Å². The summed E-state index contributed by atoms with van der Waals surface area (Å²) in [5.74, 6) is -2.37. The van der Waals surface area contributed by atoms with Crippen molar-refractivity contribution >= 4 is 28.8 Å². The van der Waals surface area contributed by atoms with Crippen LogP contribution in [-0.2, 0) is 14.3 Å². The van der Waals surface area contributed by atoms with Crippen molar-refractivity contribution in [2.75, 3.05) is 13.7 Å². The van der Waals surface area contributed by atoms with Crippen molar-refractivity contribution < 1.29 is 33.0 Å². The van der Waals surface area contributed by atoms with E-state index in [1.54, 1.807) is 18.2 Å². The third kappa shape index (κ3) is 5.40. The third-order valence-electron chi connectivity index (χ3n) is 5.91. The van der Waals surface area contributed by atoms with Crippen LogP contribution in [-0.4, -0.2) is 30.8 Å². The van der Waals surface area contributed by atoms with Crippen LogP contribution in [0.5, 0.6) is 5.75 Å². The summed E-state index contributed by atoms with van der Waals surface area (Å²) in [5, 5.41) is -0.265. The number of ether oxygens (including phenoxy) is 3. The Morgan fingerprint density at radius 1 is 1.00 bits per heavy atom. The van der Waals surface area contributed by atoms with Crippen LogP contribution < -0.4 is 4.74 Å². The zero-order valence-electron chi connectivity index (χ0n) is 20.2. The van der Waals surface area contributed by atoms with Gasteiger partial charge in [-0.15, -0.1) is 0 Å². The topological polar surface area (TPSA) is 78.9 Å². The molecule has 0 fully saturated rings. The first-order valence-electron chi connectivity index (χ1n) is 11.2. The lowest BCUT2D eigenvalue weighted by molar-refractivity contribution is -0.130. The highest BCUT2D eigenvalue weighted by molar-refractivity contribution is 8.14. The minimum atomic E-state index is -0.796. The maximum atomic E-state index is 14.5. The van der Waals surface area contributed by atoms with Crippen molar-refractivity contribution in [1.82, 2.24) is 0 Å². The molecule has 3 aromatic rings. The number of benzene rings is 3. The first-order valence-corrected chi connectivity index (χ1v) is 12.1. The molecule has 3 aromatic carbocycles. The Kier molecular flexibility index (Phi) is 7.71. The summed E-state index contributed by atoms with van der Waals surface area (Å²) < 4.78 is 29.2. The van der Waals surface area contributed by atoms with E-state index in [0.717, 1.165) is 46.3 Å². The lowest BCUT2D eigenvalue weighted by Crippen LogP contribution is -2.14. The average Bonchev–Trinajstić information content (AvgIpc) is 3.16. The zero-order chi connectivity index (χ0) is 26.7. The highest BCUT2D eigenvalue weighted by Crippen LogP contribution is 2.45. The van der Waals surface area contributed by atoms with Crippen molar-refractivity contribution in [1.29, 1.82) is 0 Å². The van der Waals surface area contributed by atoms with Gasteiger partial charge in [-0.2, -0.15) is 0 Å². The maximum absolute atomic E-state index is 14.5. The number of thioether (sulfide) groups is 1. The predicted octanol–water partition coefficient (Wildman–Crippen LogP) is 6.30. The number of carbonyl (C=O) groups excluding carboxylic acids is 3. The molecule has 188 valence electrons. The van der Waals surface area contributed by atoms with Gasteiger partial charge in [-0.1, -0.05) is 32.2 Å². The van der Waals surface area contributed by atoms with E-state index in [2.05, 4.69) is 13.2 Å². The van der Waals surface area contributed by atoms with E-state index in [0.29, 0.717) is 16.0 Å². The lowest BCUT2D eigenvalue weighted by atomic mass is 9.97. The molecular weight excluding hydrogens is 495 g/mol. The maximum Gasteiger partial charge on any atom is 0.342 e. The van der Waals surface area contributed by atoms with Gasteiger partial charge >= 0.3 is 11.9 Å². The molecule has 0 N–H and O–H groups in total.